The van der Waals surface area contributed by atoms with Crippen LogP contribution in [-0.4, -0.2) is 55.3 Å². The molecule has 8 nitrogen and oxygen atoms in total. The van der Waals surface area contributed by atoms with Crippen molar-refractivity contribution in [3.8, 4) is 5.88 Å². The SMILES string of the molecule is O=C(c1ccn[nH]1)N1CCC(COc2ccc3nc(C4CC4)cn3n2)CC1. The predicted molar refractivity (Wildman–Crippen MR) is 97.7 cm³/mol. The summed E-state index contributed by atoms with van der Waals surface area (Å²) in [6, 6.07) is 5.56. The number of carbonyl (C=O) groups is 1. The van der Waals surface area contributed by atoms with Gasteiger partial charge in [0.25, 0.3) is 5.91 Å². The van der Waals surface area contributed by atoms with Gasteiger partial charge < -0.3 is 9.64 Å². The fraction of sp³-hybridized carbons (Fsp3) is 0.474. The molecular formula is C19H22N6O2. The molecule has 0 unspecified atom stereocenters. The minimum absolute atomic E-state index is 0.0190. The number of aromatic nitrogens is 5. The minimum atomic E-state index is 0.0190. The fourth-order valence-electron chi connectivity index (χ4n) is 3.59. The Labute approximate surface area is 156 Å². The molecule has 1 aliphatic heterocycles. The Morgan fingerprint density at radius 2 is 2.04 bits per heavy atom. The van der Waals surface area contributed by atoms with Crippen LogP contribution >= 0.6 is 0 Å². The number of hydrogen-bond donors (Lipinski definition) is 1. The molecule has 8 heteroatoms. The van der Waals surface area contributed by atoms with Gasteiger partial charge in [-0.1, -0.05) is 0 Å². The second-order valence-electron chi connectivity index (χ2n) is 7.43. The van der Waals surface area contributed by atoms with Crippen LogP contribution in [0.15, 0.2) is 30.6 Å². The fourth-order valence-corrected chi connectivity index (χ4v) is 3.59. The number of ether oxygens (including phenoxy) is 1. The van der Waals surface area contributed by atoms with E-state index < -0.39 is 0 Å². The van der Waals surface area contributed by atoms with E-state index in [0.717, 1.165) is 37.3 Å². The molecular weight excluding hydrogens is 344 g/mol. The van der Waals surface area contributed by atoms with Crippen LogP contribution in [-0.2, 0) is 0 Å². The highest BCUT2D eigenvalue weighted by molar-refractivity contribution is 5.92. The first-order chi connectivity index (χ1) is 13.3. The van der Waals surface area contributed by atoms with Gasteiger partial charge >= 0.3 is 0 Å². The van der Waals surface area contributed by atoms with Crippen LogP contribution in [0.5, 0.6) is 5.88 Å². The zero-order valence-corrected chi connectivity index (χ0v) is 15.0. The molecule has 140 valence electrons. The van der Waals surface area contributed by atoms with E-state index in [4.69, 9.17) is 4.74 Å². The molecule has 0 aromatic carbocycles. The Morgan fingerprint density at radius 1 is 1.19 bits per heavy atom. The third-order valence-corrected chi connectivity index (χ3v) is 5.41. The molecule has 0 radical (unpaired) electrons. The van der Waals surface area contributed by atoms with Gasteiger partial charge in [-0.3, -0.25) is 9.89 Å². The van der Waals surface area contributed by atoms with E-state index in [1.807, 2.05) is 27.7 Å². The molecule has 1 amide bonds. The predicted octanol–water partition coefficient (Wildman–Crippen LogP) is 2.26. The summed E-state index contributed by atoms with van der Waals surface area (Å²) in [5.41, 5.74) is 2.55. The van der Waals surface area contributed by atoms with Crippen LogP contribution in [0.3, 0.4) is 0 Å². The van der Waals surface area contributed by atoms with Gasteiger partial charge in [-0.05, 0) is 43.7 Å². The quantitative estimate of drug-likeness (QED) is 0.748. The van der Waals surface area contributed by atoms with Crippen molar-refractivity contribution in [2.75, 3.05) is 19.7 Å². The first-order valence-electron chi connectivity index (χ1n) is 9.54. The van der Waals surface area contributed by atoms with Crippen LogP contribution in [0.25, 0.3) is 5.65 Å². The standard InChI is InChI=1S/C19H22N6O2/c26-19(15-5-8-20-22-15)24-9-6-13(7-10-24)12-27-18-4-3-17-21-16(14-1-2-14)11-25(17)23-18/h3-5,8,11,13-14H,1-2,6-7,9-10,12H2,(H,20,22). The molecule has 0 atom stereocenters. The molecule has 3 aromatic rings. The normalized spacial score (nSPS) is 18.1. The molecule has 4 heterocycles. The summed E-state index contributed by atoms with van der Waals surface area (Å²) in [4.78, 5) is 18.8. The van der Waals surface area contributed by atoms with Crippen molar-refractivity contribution in [1.29, 1.82) is 0 Å². The van der Waals surface area contributed by atoms with Gasteiger partial charge in [0.2, 0.25) is 5.88 Å². The van der Waals surface area contributed by atoms with E-state index in [1.165, 1.54) is 12.8 Å². The van der Waals surface area contributed by atoms with Crippen LogP contribution in [0.1, 0.15) is 47.8 Å². The summed E-state index contributed by atoms with van der Waals surface area (Å²) in [6.45, 7) is 2.10. The lowest BCUT2D eigenvalue weighted by Crippen LogP contribution is -2.39. The number of fused-ring (bicyclic) bond motifs is 1. The van der Waals surface area contributed by atoms with E-state index in [9.17, 15) is 4.79 Å². The first-order valence-corrected chi connectivity index (χ1v) is 9.54. The van der Waals surface area contributed by atoms with Gasteiger partial charge in [0.15, 0.2) is 5.65 Å². The van der Waals surface area contributed by atoms with Crippen molar-refractivity contribution in [1.82, 2.24) is 29.7 Å². The highest BCUT2D eigenvalue weighted by atomic mass is 16.5. The summed E-state index contributed by atoms with van der Waals surface area (Å²) < 4.78 is 7.74. The maximum Gasteiger partial charge on any atom is 0.271 e. The number of piperidine rings is 1. The van der Waals surface area contributed by atoms with Gasteiger partial charge in [-0.25, -0.2) is 9.50 Å². The van der Waals surface area contributed by atoms with E-state index in [0.29, 0.717) is 30.0 Å². The van der Waals surface area contributed by atoms with Gasteiger partial charge in [-0.2, -0.15) is 5.10 Å². The Hall–Kier alpha value is -2.90. The number of H-pyrrole nitrogens is 1. The van der Waals surface area contributed by atoms with Crippen LogP contribution in [0.2, 0.25) is 0 Å². The monoisotopic (exact) mass is 366 g/mol. The Balaban J connectivity index is 1.15. The number of nitrogens with zero attached hydrogens (tertiary/aromatic N) is 5. The van der Waals surface area contributed by atoms with Gasteiger partial charge in [0.1, 0.15) is 5.69 Å². The summed E-state index contributed by atoms with van der Waals surface area (Å²) in [6.07, 6.45) is 7.94. The van der Waals surface area contributed by atoms with E-state index in [1.54, 1.807) is 12.3 Å². The molecule has 2 fully saturated rings. The third kappa shape index (κ3) is 3.39. The van der Waals surface area contributed by atoms with Gasteiger partial charge in [0.05, 0.1) is 18.5 Å². The molecule has 1 aliphatic carbocycles. The van der Waals surface area contributed by atoms with E-state index >= 15 is 0 Å². The number of amides is 1. The molecule has 1 N–H and O–H groups in total. The second-order valence-corrected chi connectivity index (χ2v) is 7.43. The summed E-state index contributed by atoms with van der Waals surface area (Å²) in [7, 11) is 0. The number of imidazole rings is 1. The number of aromatic amines is 1. The zero-order chi connectivity index (χ0) is 18.2. The molecule has 0 bridgehead atoms. The maximum absolute atomic E-state index is 12.3. The Kier molecular flexibility index (Phi) is 4.03. The maximum atomic E-state index is 12.3. The smallest absolute Gasteiger partial charge is 0.271 e. The Bertz CT molecular complexity index is 938. The topological polar surface area (TPSA) is 88.4 Å². The van der Waals surface area contributed by atoms with Gasteiger partial charge in [-0.15, -0.1) is 5.10 Å². The molecule has 1 saturated heterocycles. The molecule has 5 rings (SSSR count). The number of hydrogen-bond acceptors (Lipinski definition) is 5. The number of carbonyl (C=O) groups excluding carboxylic acids is 1. The first kappa shape index (κ1) is 16.3. The summed E-state index contributed by atoms with van der Waals surface area (Å²) in [5, 5.41) is 11.1. The van der Waals surface area contributed by atoms with Crippen LogP contribution in [0.4, 0.5) is 0 Å². The lowest BCUT2D eigenvalue weighted by molar-refractivity contribution is 0.0653. The number of rotatable bonds is 5. The highest BCUT2D eigenvalue weighted by Crippen LogP contribution is 2.39. The van der Waals surface area contributed by atoms with E-state index in [-0.39, 0.29) is 5.91 Å². The summed E-state index contributed by atoms with van der Waals surface area (Å²) in [5.74, 6) is 1.69. The largest absolute Gasteiger partial charge is 0.476 e. The van der Waals surface area contributed by atoms with Crippen molar-refractivity contribution >= 4 is 11.6 Å². The van der Waals surface area contributed by atoms with Crippen LogP contribution in [0, 0.1) is 5.92 Å². The summed E-state index contributed by atoms with van der Waals surface area (Å²) >= 11 is 0. The molecule has 1 saturated carbocycles. The average molecular weight is 366 g/mol. The average Bonchev–Trinajstić information content (AvgIpc) is 3.24. The molecule has 2 aliphatic rings. The Morgan fingerprint density at radius 3 is 2.78 bits per heavy atom. The number of nitrogens with one attached hydrogen (secondary N) is 1. The van der Waals surface area contributed by atoms with Crippen molar-refractivity contribution in [3.63, 3.8) is 0 Å². The molecule has 27 heavy (non-hydrogen) atoms. The van der Waals surface area contributed by atoms with Gasteiger partial charge in [0, 0.05) is 31.3 Å². The van der Waals surface area contributed by atoms with E-state index in [2.05, 4.69) is 20.3 Å². The zero-order valence-electron chi connectivity index (χ0n) is 15.0. The second kappa shape index (κ2) is 6.68. The lowest BCUT2D eigenvalue weighted by atomic mass is 9.97. The minimum Gasteiger partial charge on any atom is -0.476 e. The lowest BCUT2D eigenvalue weighted by Gasteiger charge is -2.31. The molecule has 3 aromatic heterocycles. The van der Waals surface area contributed by atoms with Crippen molar-refractivity contribution < 1.29 is 9.53 Å². The van der Waals surface area contributed by atoms with Crippen molar-refractivity contribution in [3.05, 3.63) is 42.0 Å². The number of likely N-dealkylation sites (tertiary alicyclic amines) is 1. The molecule has 0 spiro atoms. The van der Waals surface area contributed by atoms with Crippen molar-refractivity contribution in [2.45, 2.75) is 31.6 Å². The van der Waals surface area contributed by atoms with Crippen molar-refractivity contribution in [2.24, 2.45) is 5.92 Å². The van der Waals surface area contributed by atoms with Crippen LogP contribution < -0.4 is 4.74 Å². The third-order valence-electron chi connectivity index (χ3n) is 5.41. The highest BCUT2D eigenvalue weighted by Gasteiger charge is 2.27.